The molecule has 3 heterocycles. The van der Waals surface area contributed by atoms with Crippen LogP contribution in [0.4, 0.5) is 17.6 Å². The van der Waals surface area contributed by atoms with Gasteiger partial charge < -0.3 is 20.3 Å². The maximum Gasteiger partial charge on any atom is 0.257 e. The Morgan fingerprint density at radius 3 is 2.55 bits per heavy atom. The molecular formula is C29H25N7O2. The summed E-state index contributed by atoms with van der Waals surface area (Å²) in [6.45, 7) is 1.81. The minimum atomic E-state index is -0.259. The lowest BCUT2D eigenvalue weighted by atomic mass is 10.2. The van der Waals surface area contributed by atoms with Crippen molar-refractivity contribution in [1.82, 2.24) is 20.2 Å². The van der Waals surface area contributed by atoms with Gasteiger partial charge in [0.2, 0.25) is 5.95 Å². The minimum Gasteiger partial charge on any atom is -0.457 e. The number of hydrogen-bond donors (Lipinski definition) is 3. The third-order valence-electron chi connectivity index (χ3n) is 6.22. The first-order valence-electron chi connectivity index (χ1n) is 12.3. The van der Waals surface area contributed by atoms with Gasteiger partial charge in [0.25, 0.3) is 5.91 Å². The number of H-pyrrole nitrogens is 1. The fourth-order valence-electron chi connectivity index (χ4n) is 4.30. The lowest BCUT2D eigenvalue weighted by Crippen LogP contribution is -2.19. The molecule has 5 aromatic rings. The second kappa shape index (κ2) is 10.4. The molecule has 3 aromatic carbocycles. The van der Waals surface area contributed by atoms with Crippen LogP contribution in [0.25, 0.3) is 0 Å². The molecule has 3 N–H and O–H groups in total. The van der Waals surface area contributed by atoms with Crippen LogP contribution in [0, 0.1) is 0 Å². The van der Waals surface area contributed by atoms with Gasteiger partial charge in [-0.2, -0.15) is 10.1 Å². The highest BCUT2D eigenvalue weighted by atomic mass is 16.5. The van der Waals surface area contributed by atoms with Crippen molar-refractivity contribution in [1.29, 1.82) is 0 Å². The molecule has 1 aliphatic heterocycles. The molecule has 2 aromatic heterocycles. The summed E-state index contributed by atoms with van der Waals surface area (Å²) in [7, 11) is 0. The number of aromatic amines is 1. The summed E-state index contributed by atoms with van der Waals surface area (Å²) < 4.78 is 5.87. The molecule has 0 unspecified atom stereocenters. The Hall–Kier alpha value is -5.18. The molecule has 0 saturated carbocycles. The number of hydrogen-bond acceptors (Lipinski definition) is 7. The monoisotopic (exact) mass is 503 g/mol. The normalized spacial score (nSPS) is 12.2. The van der Waals surface area contributed by atoms with E-state index in [0.717, 1.165) is 22.6 Å². The van der Waals surface area contributed by atoms with Crippen LogP contribution >= 0.6 is 0 Å². The number of carbonyl (C=O) groups excluding carboxylic acids is 1. The SMILES string of the molecule is O=C(Nc1n[nH]c2c1CN(c1ccnc(NCc3ccccc3)n1)C2)c1cccc(Oc2ccccc2)c1. The number of nitrogens with one attached hydrogen (secondary N) is 3. The van der Waals surface area contributed by atoms with Gasteiger partial charge in [-0.05, 0) is 42.0 Å². The van der Waals surface area contributed by atoms with Gasteiger partial charge in [0.05, 0.1) is 18.8 Å². The van der Waals surface area contributed by atoms with E-state index in [9.17, 15) is 4.79 Å². The fraction of sp³-hybridized carbons (Fsp3) is 0.103. The van der Waals surface area contributed by atoms with E-state index in [4.69, 9.17) is 4.74 Å². The zero-order valence-corrected chi connectivity index (χ0v) is 20.5. The van der Waals surface area contributed by atoms with Crippen molar-refractivity contribution < 1.29 is 9.53 Å². The number of para-hydroxylation sites is 1. The van der Waals surface area contributed by atoms with Crippen molar-refractivity contribution >= 4 is 23.5 Å². The van der Waals surface area contributed by atoms with E-state index in [1.54, 1.807) is 24.4 Å². The van der Waals surface area contributed by atoms with E-state index < -0.39 is 0 Å². The van der Waals surface area contributed by atoms with Crippen LogP contribution in [-0.2, 0) is 19.6 Å². The molecule has 0 fully saturated rings. The number of carbonyl (C=O) groups is 1. The second-order valence-electron chi connectivity index (χ2n) is 8.86. The molecule has 9 nitrogen and oxygen atoms in total. The van der Waals surface area contributed by atoms with E-state index in [1.165, 1.54) is 0 Å². The zero-order chi connectivity index (χ0) is 25.7. The number of nitrogens with zero attached hydrogens (tertiary/aromatic N) is 4. The minimum absolute atomic E-state index is 0.259. The number of aromatic nitrogens is 4. The Balaban J connectivity index is 1.11. The quantitative estimate of drug-likeness (QED) is 0.261. The Morgan fingerprint density at radius 1 is 0.921 bits per heavy atom. The van der Waals surface area contributed by atoms with Gasteiger partial charge in [0, 0.05) is 23.9 Å². The average molecular weight is 504 g/mol. The lowest BCUT2D eigenvalue weighted by molar-refractivity contribution is 0.102. The molecule has 0 radical (unpaired) electrons. The standard InChI is InChI=1S/C29H25N7O2/c37-28(21-10-7-13-23(16-21)38-22-11-5-2-6-12-22)33-27-24-18-36(19-25(24)34-35-27)26-14-15-30-29(32-26)31-17-20-8-3-1-4-9-20/h1-16H,17-19H2,(H,30,31,32)(H2,33,34,35,37). The lowest BCUT2D eigenvalue weighted by Gasteiger charge is -2.17. The Morgan fingerprint density at radius 2 is 1.71 bits per heavy atom. The van der Waals surface area contributed by atoms with Crippen molar-refractivity contribution in [3.8, 4) is 11.5 Å². The van der Waals surface area contributed by atoms with Crippen LogP contribution in [-0.4, -0.2) is 26.1 Å². The summed E-state index contributed by atoms with van der Waals surface area (Å²) >= 11 is 0. The predicted octanol–water partition coefficient (Wildman–Crippen LogP) is 5.38. The van der Waals surface area contributed by atoms with Gasteiger partial charge in [-0.1, -0.05) is 54.6 Å². The molecule has 0 saturated heterocycles. The molecule has 1 amide bonds. The number of benzene rings is 3. The number of amides is 1. The number of anilines is 3. The maximum absolute atomic E-state index is 13.0. The topological polar surface area (TPSA) is 108 Å². The predicted molar refractivity (Wildman–Crippen MR) is 145 cm³/mol. The molecule has 0 atom stereocenters. The van der Waals surface area contributed by atoms with Gasteiger partial charge >= 0.3 is 0 Å². The molecule has 6 rings (SSSR count). The summed E-state index contributed by atoms with van der Waals surface area (Å²) in [6, 6.07) is 28.5. The fourth-order valence-corrected chi connectivity index (χ4v) is 4.30. The molecule has 188 valence electrons. The van der Waals surface area contributed by atoms with E-state index in [0.29, 0.717) is 48.5 Å². The molecular weight excluding hydrogens is 478 g/mol. The summed E-state index contributed by atoms with van der Waals surface area (Å²) in [5.41, 5.74) is 3.52. The number of rotatable bonds is 8. The molecule has 38 heavy (non-hydrogen) atoms. The van der Waals surface area contributed by atoms with Crippen LogP contribution < -0.4 is 20.3 Å². The second-order valence-corrected chi connectivity index (χ2v) is 8.86. The highest BCUT2D eigenvalue weighted by Gasteiger charge is 2.27. The Kier molecular flexibility index (Phi) is 6.38. The van der Waals surface area contributed by atoms with Gasteiger partial charge in [0.15, 0.2) is 5.82 Å². The first-order chi connectivity index (χ1) is 18.7. The van der Waals surface area contributed by atoms with E-state index in [1.807, 2.05) is 60.7 Å². The maximum atomic E-state index is 13.0. The first kappa shape index (κ1) is 23.2. The van der Waals surface area contributed by atoms with Crippen LogP contribution in [0.2, 0.25) is 0 Å². The van der Waals surface area contributed by atoms with Crippen molar-refractivity contribution in [3.05, 3.63) is 120 Å². The average Bonchev–Trinajstić information content (AvgIpc) is 3.55. The van der Waals surface area contributed by atoms with E-state index >= 15 is 0 Å². The van der Waals surface area contributed by atoms with Crippen molar-refractivity contribution in [3.63, 3.8) is 0 Å². The molecule has 0 spiro atoms. The van der Waals surface area contributed by atoms with Gasteiger partial charge in [-0.25, -0.2) is 4.98 Å². The molecule has 9 heteroatoms. The highest BCUT2D eigenvalue weighted by molar-refractivity contribution is 6.04. The Labute approximate surface area is 219 Å². The summed E-state index contributed by atoms with van der Waals surface area (Å²) in [5.74, 6) is 2.90. The third kappa shape index (κ3) is 5.17. The third-order valence-corrected chi connectivity index (χ3v) is 6.22. The molecule has 0 bridgehead atoms. The van der Waals surface area contributed by atoms with E-state index in [-0.39, 0.29) is 5.91 Å². The van der Waals surface area contributed by atoms with Gasteiger partial charge in [-0.3, -0.25) is 9.89 Å². The highest BCUT2D eigenvalue weighted by Crippen LogP contribution is 2.31. The number of ether oxygens (including phenoxy) is 1. The largest absolute Gasteiger partial charge is 0.457 e. The summed E-state index contributed by atoms with van der Waals surface area (Å²) in [6.07, 6.45) is 1.74. The van der Waals surface area contributed by atoms with Crippen LogP contribution in [0.5, 0.6) is 11.5 Å². The summed E-state index contributed by atoms with van der Waals surface area (Å²) in [5, 5.41) is 13.6. The van der Waals surface area contributed by atoms with Crippen LogP contribution in [0.3, 0.4) is 0 Å². The van der Waals surface area contributed by atoms with Crippen molar-refractivity contribution in [2.24, 2.45) is 0 Å². The van der Waals surface area contributed by atoms with Crippen LogP contribution in [0.15, 0.2) is 97.2 Å². The van der Waals surface area contributed by atoms with Gasteiger partial charge in [-0.15, -0.1) is 0 Å². The van der Waals surface area contributed by atoms with Gasteiger partial charge in [0.1, 0.15) is 17.3 Å². The molecule has 0 aliphatic carbocycles. The van der Waals surface area contributed by atoms with Crippen LogP contribution in [0.1, 0.15) is 27.2 Å². The smallest absolute Gasteiger partial charge is 0.257 e. The van der Waals surface area contributed by atoms with Crippen molar-refractivity contribution in [2.75, 3.05) is 15.5 Å². The summed E-state index contributed by atoms with van der Waals surface area (Å²) in [4.78, 5) is 24.2. The van der Waals surface area contributed by atoms with E-state index in [2.05, 4.69) is 47.8 Å². The number of fused-ring (bicyclic) bond motifs is 1. The first-order valence-corrected chi connectivity index (χ1v) is 12.3. The molecule has 1 aliphatic rings. The van der Waals surface area contributed by atoms with Crippen molar-refractivity contribution in [2.45, 2.75) is 19.6 Å². The zero-order valence-electron chi connectivity index (χ0n) is 20.5. The Bertz CT molecular complexity index is 1550.